The van der Waals surface area contributed by atoms with Crippen LogP contribution in [-0.2, 0) is 4.74 Å². The second kappa shape index (κ2) is 4.89. The monoisotopic (exact) mass is 362 g/mol. The lowest BCUT2D eigenvalue weighted by molar-refractivity contribution is 0.0352. The number of carbonyl (C=O) groups excluding carboxylic acids is 2. The number of carbonyl (C=O) groups is 2. The number of hydrogen-bond donors (Lipinski definition) is 0. The SMILES string of the molecule is O=C(OC(=O)c1ccc(Br)o1)c1ccc(Br)o1. The third-order valence-electron chi connectivity index (χ3n) is 1.73. The summed E-state index contributed by atoms with van der Waals surface area (Å²) in [6.07, 6.45) is 0. The van der Waals surface area contributed by atoms with E-state index in [2.05, 4.69) is 36.6 Å². The molecular formula is C10H4Br2O5. The highest BCUT2D eigenvalue weighted by Crippen LogP contribution is 2.17. The largest absolute Gasteiger partial charge is 0.442 e. The zero-order chi connectivity index (χ0) is 12.4. The van der Waals surface area contributed by atoms with Crippen molar-refractivity contribution in [3.63, 3.8) is 0 Å². The molecule has 2 rings (SSSR count). The quantitative estimate of drug-likeness (QED) is 0.604. The molecule has 0 amide bonds. The van der Waals surface area contributed by atoms with Crippen molar-refractivity contribution in [3.05, 3.63) is 45.1 Å². The van der Waals surface area contributed by atoms with Gasteiger partial charge in [0, 0.05) is 0 Å². The van der Waals surface area contributed by atoms with Gasteiger partial charge in [0.2, 0.25) is 11.5 Å². The van der Waals surface area contributed by atoms with Crippen molar-refractivity contribution < 1.29 is 23.2 Å². The normalized spacial score (nSPS) is 10.2. The van der Waals surface area contributed by atoms with Crippen LogP contribution in [0.1, 0.15) is 21.1 Å². The van der Waals surface area contributed by atoms with Crippen molar-refractivity contribution in [1.29, 1.82) is 0 Å². The molecular weight excluding hydrogens is 360 g/mol. The maximum Gasteiger partial charge on any atom is 0.382 e. The minimum absolute atomic E-state index is 0.0733. The molecule has 7 heteroatoms. The van der Waals surface area contributed by atoms with Gasteiger partial charge in [-0.1, -0.05) is 0 Å². The molecule has 0 unspecified atom stereocenters. The van der Waals surface area contributed by atoms with Crippen LogP contribution in [0.3, 0.4) is 0 Å². The summed E-state index contributed by atoms with van der Waals surface area (Å²) in [6, 6.07) is 5.81. The summed E-state index contributed by atoms with van der Waals surface area (Å²) >= 11 is 6.06. The fraction of sp³-hybridized carbons (Fsp3) is 0. The van der Waals surface area contributed by atoms with Crippen LogP contribution in [-0.4, -0.2) is 11.9 Å². The zero-order valence-corrected chi connectivity index (χ0v) is 11.3. The fourth-order valence-electron chi connectivity index (χ4n) is 1.03. The number of hydrogen-bond acceptors (Lipinski definition) is 5. The summed E-state index contributed by atoms with van der Waals surface area (Å²) in [5, 5.41) is 0. The summed E-state index contributed by atoms with van der Waals surface area (Å²) in [4.78, 5) is 22.9. The number of rotatable bonds is 2. The Balaban J connectivity index is 2.07. The van der Waals surface area contributed by atoms with E-state index in [1.165, 1.54) is 24.3 Å². The average molecular weight is 364 g/mol. The van der Waals surface area contributed by atoms with Gasteiger partial charge in [0.05, 0.1) is 0 Å². The lowest BCUT2D eigenvalue weighted by Gasteiger charge is -1.97. The molecule has 0 N–H and O–H groups in total. The molecule has 0 aromatic carbocycles. The molecule has 0 fully saturated rings. The summed E-state index contributed by atoms with van der Waals surface area (Å²) in [6.45, 7) is 0. The Labute approximate surface area is 112 Å². The Bertz CT molecular complexity index is 519. The lowest BCUT2D eigenvalue weighted by Crippen LogP contribution is -2.11. The lowest BCUT2D eigenvalue weighted by atomic mass is 10.4. The minimum atomic E-state index is -0.881. The van der Waals surface area contributed by atoms with Crippen molar-refractivity contribution in [2.45, 2.75) is 0 Å². The van der Waals surface area contributed by atoms with Crippen LogP contribution in [0, 0.1) is 0 Å². The molecule has 2 aromatic heterocycles. The van der Waals surface area contributed by atoms with E-state index in [1.807, 2.05) is 0 Å². The van der Waals surface area contributed by atoms with Crippen LogP contribution in [0.25, 0.3) is 0 Å². The third-order valence-corrected chi connectivity index (χ3v) is 2.59. The van der Waals surface area contributed by atoms with Crippen LogP contribution in [0.4, 0.5) is 0 Å². The maximum atomic E-state index is 11.4. The van der Waals surface area contributed by atoms with Gasteiger partial charge in [0.1, 0.15) is 0 Å². The summed E-state index contributed by atoms with van der Waals surface area (Å²) in [5.74, 6) is -1.91. The van der Waals surface area contributed by atoms with Gasteiger partial charge in [-0.2, -0.15) is 0 Å². The first-order valence-corrected chi connectivity index (χ1v) is 5.92. The molecule has 88 valence electrons. The summed E-state index contributed by atoms with van der Waals surface area (Å²) < 4.78 is 15.2. The predicted octanol–water partition coefficient (Wildman–Crippen LogP) is 3.39. The third kappa shape index (κ3) is 2.86. The van der Waals surface area contributed by atoms with E-state index in [4.69, 9.17) is 8.83 Å². The number of halogens is 2. The van der Waals surface area contributed by atoms with E-state index in [-0.39, 0.29) is 11.5 Å². The summed E-state index contributed by atoms with van der Waals surface area (Å²) in [7, 11) is 0. The first kappa shape index (κ1) is 12.1. The van der Waals surface area contributed by atoms with Gasteiger partial charge in [-0.15, -0.1) is 0 Å². The molecule has 2 aromatic rings. The Kier molecular flexibility index (Phi) is 3.49. The fourth-order valence-corrected chi connectivity index (χ4v) is 1.65. The van der Waals surface area contributed by atoms with E-state index in [1.54, 1.807) is 0 Å². The predicted molar refractivity (Wildman–Crippen MR) is 62.6 cm³/mol. The topological polar surface area (TPSA) is 69.7 Å². The van der Waals surface area contributed by atoms with E-state index >= 15 is 0 Å². The standard InChI is InChI=1S/C10H4Br2O5/c11-7-3-1-5(15-7)9(13)17-10(14)6-2-4-8(12)16-6/h1-4H. The molecule has 0 spiro atoms. The van der Waals surface area contributed by atoms with Crippen LogP contribution in [0.15, 0.2) is 42.4 Å². The van der Waals surface area contributed by atoms with Crippen LogP contribution < -0.4 is 0 Å². The first-order chi connectivity index (χ1) is 8.06. The molecule has 0 aliphatic carbocycles. The van der Waals surface area contributed by atoms with Crippen molar-refractivity contribution in [2.75, 3.05) is 0 Å². The van der Waals surface area contributed by atoms with E-state index in [0.717, 1.165) is 0 Å². The number of ether oxygens (including phenoxy) is 1. The highest BCUT2D eigenvalue weighted by atomic mass is 79.9. The molecule has 0 aliphatic rings. The minimum Gasteiger partial charge on any atom is -0.442 e. The second-order valence-electron chi connectivity index (χ2n) is 2.88. The molecule has 0 saturated heterocycles. The zero-order valence-electron chi connectivity index (χ0n) is 8.11. The first-order valence-electron chi connectivity index (χ1n) is 4.33. The van der Waals surface area contributed by atoms with Crippen molar-refractivity contribution >= 4 is 43.8 Å². The van der Waals surface area contributed by atoms with Gasteiger partial charge in [0.15, 0.2) is 9.34 Å². The summed E-state index contributed by atoms with van der Waals surface area (Å²) in [5.41, 5.74) is 0. The van der Waals surface area contributed by atoms with Crippen molar-refractivity contribution in [1.82, 2.24) is 0 Å². The van der Waals surface area contributed by atoms with Crippen molar-refractivity contribution in [3.8, 4) is 0 Å². The molecule has 0 radical (unpaired) electrons. The van der Waals surface area contributed by atoms with Crippen molar-refractivity contribution in [2.24, 2.45) is 0 Å². The molecule has 0 saturated carbocycles. The Morgan fingerprint density at radius 3 is 1.59 bits per heavy atom. The van der Waals surface area contributed by atoms with Gasteiger partial charge < -0.3 is 13.6 Å². The Morgan fingerprint density at radius 2 is 1.29 bits per heavy atom. The Hall–Kier alpha value is -1.34. The van der Waals surface area contributed by atoms with Gasteiger partial charge in [-0.25, -0.2) is 9.59 Å². The van der Waals surface area contributed by atoms with E-state index in [9.17, 15) is 9.59 Å². The van der Waals surface area contributed by atoms with Gasteiger partial charge >= 0.3 is 11.9 Å². The average Bonchev–Trinajstić information content (AvgIpc) is 2.87. The van der Waals surface area contributed by atoms with Crippen LogP contribution in [0.5, 0.6) is 0 Å². The highest BCUT2D eigenvalue weighted by Gasteiger charge is 2.20. The molecule has 0 aliphatic heterocycles. The number of furan rings is 2. The maximum absolute atomic E-state index is 11.4. The molecule has 2 heterocycles. The second-order valence-corrected chi connectivity index (χ2v) is 4.45. The van der Waals surface area contributed by atoms with Gasteiger partial charge in [-0.05, 0) is 56.1 Å². The highest BCUT2D eigenvalue weighted by molar-refractivity contribution is 9.10. The van der Waals surface area contributed by atoms with Gasteiger partial charge in [0.25, 0.3) is 0 Å². The van der Waals surface area contributed by atoms with Crippen LogP contribution in [0.2, 0.25) is 0 Å². The number of esters is 2. The molecule has 5 nitrogen and oxygen atoms in total. The van der Waals surface area contributed by atoms with Crippen LogP contribution >= 0.6 is 31.9 Å². The molecule has 0 atom stereocenters. The Morgan fingerprint density at radius 1 is 0.882 bits per heavy atom. The van der Waals surface area contributed by atoms with E-state index in [0.29, 0.717) is 9.34 Å². The smallest absolute Gasteiger partial charge is 0.382 e. The molecule has 17 heavy (non-hydrogen) atoms. The van der Waals surface area contributed by atoms with E-state index < -0.39 is 11.9 Å². The molecule has 0 bridgehead atoms. The van der Waals surface area contributed by atoms with Gasteiger partial charge in [-0.3, -0.25) is 0 Å².